The van der Waals surface area contributed by atoms with Gasteiger partial charge in [-0.05, 0) is 12.5 Å². The summed E-state index contributed by atoms with van der Waals surface area (Å²) in [5.41, 5.74) is 3.35. The smallest absolute Gasteiger partial charge is 0.205 e. The first kappa shape index (κ1) is 8.78. The van der Waals surface area contributed by atoms with E-state index in [-0.39, 0.29) is 0 Å². The average molecular weight is 163 g/mol. The molecule has 0 saturated carbocycles. The molecule has 0 bridgehead atoms. The minimum atomic E-state index is 1.04. The Morgan fingerprint density at radius 3 is 2.50 bits per heavy atom. The summed E-state index contributed by atoms with van der Waals surface area (Å²) in [5.74, 6) is 5.80. The first-order valence-corrected chi connectivity index (χ1v) is 4.03. The van der Waals surface area contributed by atoms with E-state index >= 15 is 0 Å². The van der Waals surface area contributed by atoms with Crippen molar-refractivity contribution in [2.75, 3.05) is 0 Å². The Kier molecular flexibility index (Phi) is 2.48. The molecule has 1 aromatic rings. The number of nitrogens with two attached hydrogens (primary N) is 1. The van der Waals surface area contributed by atoms with E-state index in [9.17, 15) is 0 Å². The van der Waals surface area contributed by atoms with Crippen molar-refractivity contribution in [2.24, 2.45) is 5.84 Å². The average Bonchev–Trinajstić information content (AvgIpc) is 2.03. The van der Waals surface area contributed by atoms with E-state index in [0.29, 0.717) is 0 Å². The predicted molar refractivity (Wildman–Crippen MR) is 51.6 cm³/mol. The van der Waals surface area contributed by atoms with Crippen LogP contribution in [-0.4, -0.2) is 10.4 Å². The zero-order valence-electron chi connectivity index (χ0n) is 7.83. The molecule has 0 saturated heterocycles. The van der Waals surface area contributed by atoms with Gasteiger partial charge in [0.2, 0.25) is 5.69 Å². The lowest BCUT2D eigenvalue weighted by Gasteiger charge is -1.97. The zero-order chi connectivity index (χ0) is 9.14. The number of hydrogen-bond donors (Lipinski definition) is 1. The highest BCUT2D eigenvalue weighted by molar-refractivity contribution is 5.75. The molecule has 64 valence electrons. The minimum absolute atomic E-state index is 1.04. The van der Waals surface area contributed by atoms with Gasteiger partial charge >= 0.3 is 0 Å². The van der Waals surface area contributed by atoms with E-state index in [4.69, 9.17) is 5.84 Å². The molecule has 0 amide bonds. The Bertz CT molecular complexity index is 309. The summed E-state index contributed by atoms with van der Waals surface area (Å²) >= 11 is 0. The van der Waals surface area contributed by atoms with Crippen LogP contribution in [0.1, 0.15) is 19.4 Å². The van der Waals surface area contributed by atoms with Crippen LogP contribution >= 0.6 is 0 Å². The fourth-order valence-electron chi connectivity index (χ4n) is 1.04. The number of hydrazine groups is 1. The van der Waals surface area contributed by atoms with Crippen molar-refractivity contribution in [3.05, 3.63) is 29.8 Å². The highest BCUT2D eigenvalue weighted by Gasteiger charge is 2.05. The fraction of sp³-hybridized carbons (Fsp3) is 0.300. The normalized spacial score (nSPS) is 9.58. The van der Waals surface area contributed by atoms with Gasteiger partial charge in [-0.2, -0.15) is 0 Å². The molecule has 0 aliphatic carbocycles. The van der Waals surface area contributed by atoms with Crippen LogP contribution in [0.25, 0.3) is 0 Å². The fourth-order valence-corrected chi connectivity index (χ4v) is 1.04. The molecule has 0 spiro atoms. The lowest BCUT2D eigenvalue weighted by Crippen LogP contribution is -2.19. The van der Waals surface area contributed by atoms with Crippen molar-refractivity contribution in [2.45, 2.75) is 20.8 Å². The number of benzene rings is 1. The van der Waals surface area contributed by atoms with E-state index in [2.05, 4.69) is 19.1 Å². The molecule has 2 nitrogen and oxygen atoms in total. The van der Waals surface area contributed by atoms with Crippen molar-refractivity contribution >= 4 is 11.4 Å². The van der Waals surface area contributed by atoms with Gasteiger partial charge in [0.05, 0.1) is 0 Å². The standard InChI is InChI=1S/C10H15N2/c1-8(2)12(11)10-6-4-5-9(3)7-10/h4-7H,11H2,1-3H3/q+1. The molecule has 0 fully saturated rings. The molecule has 1 aromatic carbocycles. The highest BCUT2D eigenvalue weighted by atomic mass is 15.3. The lowest BCUT2D eigenvalue weighted by atomic mass is 10.2. The third kappa shape index (κ3) is 1.84. The van der Waals surface area contributed by atoms with Crippen LogP contribution in [0.15, 0.2) is 24.3 Å². The van der Waals surface area contributed by atoms with Crippen molar-refractivity contribution in [3.8, 4) is 0 Å². The maximum atomic E-state index is 5.80. The van der Waals surface area contributed by atoms with Crippen molar-refractivity contribution in [1.29, 1.82) is 0 Å². The summed E-state index contributed by atoms with van der Waals surface area (Å²) in [4.78, 5) is 0. The number of hydrogen-bond acceptors (Lipinski definition) is 1. The Labute approximate surface area is 73.3 Å². The molecule has 0 aliphatic heterocycles. The van der Waals surface area contributed by atoms with Crippen molar-refractivity contribution in [3.63, 3.8) is 0 Å². The second-order valence-corrected chi connectivity index (χ2v) is 3.16. The maximum Gasteiger partial charge on any atom is 0.235 e. The van der Waals surface area contributed by atoms with Gasteiger partial charge in [-0.15, -0.1) is 0 Å². The van der Waals surface area contributed by atoms with Gasteiger partial charge in [-0.25, -0.2) is 5.84 Å². The van der Waals surface area contributed by atoms with Crippen molar-refractivity contribution < 1.29 is 4.68 Å². The van der Waals surface area contributed by atoms with Gasteiger partial charge in [0.15, 0.2) is 5.71 Å². The molecule has 0 aromatic heterocycles. The van der Waals surface area contributed by atoms with Crippen LogP contribution in [0.2, 0.25) is 0 Å². The van der Waals surface area contributed by atoms with Gasteiger partial charge in [0.1, 0.15) is 0 Å². The quantitative estimate of drug-likeness (QED) is 0.292. The monoisotopic (exact) mass is 163 g/mol. The molecular weight excluding hydrogens is 148 g/mol. The largest absolute Gasteiger partial charge is 0.235 e. The minimum Gasteiger partial charge on any atom is -0.205 e. The van der Waals surface area contributed by atoms with E-state index in [1.54, 1.807) is 4.68 Å². The van der Waals surface area contributed by atoms with Gasteiger partial charge in [-0.1, -0.05) is 16.8 Å². The Morgan fingerprint density at radius 1 is 1.33 bits per heavy atom. The van der Waals surface area contributed by atoms with Crippen molar-refractivity contribution in [1.82, 2.24) is 0 Å². The number of nitrogens with zero attached hydrogens (tertiary/aromatic N) is 1. The number of hydrazone groups is 1. The van der Waals surface area contributed by atoms with Gasteiger partial charge in [0, 0.05) is 26.0 Å². The summed E-state index contributed by atoms with van der Waals surface area (Å²) in [6, 6.07) is 8.13. The van der Waals surface area contributed by atoms with E-state index in [1.807, 2.05) is 26.0 Å². The summed E-state index contributed by atoms with van der Waals surface area (Å²) in [7, 11) is 0. The first-order valence-electron chi connectivity index (χ1n) is 4.03. The third-order valence-corrected chi connectivity index (χ3v) is 1.76. The molecule has 0 aliphatic rings. The topological polar surface area (TPSA) is 29.0 Å². The molecule has 0 heterocycles. The summed E-state index contributed by atoms with van der Waals surface area (Å²) in [5, 5.41) is 0. The first-order chi connectivity index (χ1) is 5.61. The SMILES string of the molecule is CC(C)=[N+](N)c1cccc(C)c1. The summed E-state index contributed by atoms with van der Waals surface area (Å²) in [6.07, 6.45) is 0. The third-order valence-electron chi connectivity index (χ3n) is 1.76. The van der Waals surface area contributed by atoms with Crippen LogP contribution in [0.4, 0.5) is 5.69 Å². The van der Waals surface area contributed by atoms with Gasteiger partial charge < -0.3 is 0 Å². The maximum absolute atomic E-state index is 5.80. The molecule has 0 unspecified atom stereocenters. The number of aryl methyl sites for hydroxylation is 1. The molecule has 2 N–H and O–H groups in total. The van der Waals surface area contributed by atoms with Crippen LogP contribution < -0.4 is 5.84 Å². The zero-order valence-corrected chi connectivity index (χ0v) is 7.83. The molecule has 0 atom stereocenters. The number of rotatable bonds is 1. The highest BCUT2D eigenvalue weighted by Crippen LogP contribution is 2.10. The molecule has 1 rings (SSSR count). The van der Waals surface area contributed by atoms with Crippen LogP contribution in [0, 0.1) is 6.92 Å². The molecule has 12 heavy (non-hydrogen) atoms. The second-order valence-electron chi connectivity index (χ2n) is 3.16. The van der Waals surface area contributed by atoms with Gasteiger partial charge in [-0.3, -0.25) is 0 Å². The second kappa shape index (κ2) is 3.39. The summed E-state index contributed by atoms with van der Waals surface area (Å²) in [6.45, 7) is 6.03. The van der Waals surface area contributed by atoms with E-state index < -0.39 is 0 Å². The van der Waals surface area contributed by atoms with Crippen LogP contribution in [0.5, 0.6) is 0 Å². The lowest BCUT2D eigenvalue weighted by molar-refractivity contribution is -0.453. The summed E-state index contributed by atoms with van der Waals surface area (Å²) < 4.78 is 1.69. The molecule has 0 radical (unpaired) electrons. The van der Waals surface area contributed by atoms with Gasteiger partial charge in [0.25, 0.3) is 0 Å². The Morgan fingerprint density at radius 2 is 2.00 bits per heavy atom. The van der Waals surface area contributed by atoms with E-state index in [0.717, 1.165) is 11.4 Å². The predicted octanol–water partition coefficient (Wildman–Crippen LogP) is 1.99. The van der Waals surface area contributed by atoms with E-state index in [1.165, 1.54) is 5.56 Å². The Hall–Kier alpha value is -1.31. The van der Waals surface area contributed by atoms with Crippen LogP contribution in [-0.2, 0) is 0 Å². The Balaban J connectivity index is 3.13. The molecular formula is C10H15N2+. The molecule has 2 heteroatoms. The van der Waals surface area contributed by atoms with Crippen LogP contribution in [0.3, 0.4) is 0 Å².